The molecule has 2 amide bonds. The Balaban J connectivity index is 1.61. The highest BCUT2D eigenvalue weighted by Gasteiger charge is 2.15. The molecule has 1 atom stereocenters. The van der Waals surface area contributed by atoms with Crippen molar-refractivity contribution in [3.05, 3.63) is 95.6 Å². The zero-order chi connectivity index (χ0) is 24.5. The second-order valence-electron chi connectivity index (χ2n) is 8.30. The molecule has 0 heterocycles. The molecule has 0 bridgehead atoms. The molecule has 3 aromatic rings. The van der Waals surface area contributed by atoms with Crippen molar-refractivity contribution in [1.82, 2.24) is 10.6 Å². The van der Waals surface area contributed by atoms with Gasteiger partial charge in [-0.3, -0.25) is 14.9 Å². The monoisotopic (exact) mass is 475 g/mol. The highest BCUT2D eigenvalue weighted by molar-refractivity contribution is 7.80. The standard InChI is InChI=1S/C27H29N3O3S/c1-18(2)17-33-24-15-8-7-14-23(24)26(32)30-27(34)29-22-13-9-12-21(16-22)25(31)28-19(3)20-10-5-4-6-11-20/h4-16,18-19H,17H2,1-3H3,(H,28,31)(H2,29,30,32,34). The van der Waals surface area contributed by atoms with Crippen molar-refractivity contribution in [1.29, 1.82) is 0 Å². The van der Waals surface area contributed by atoms with Gasteiger partial charge in [0.15, 0.2) is 5.11 Å². The first-order valence-electron chi connectivity index (χ1n) is 11.1. The van der Waals surface area contributed by atoms with E-state index in [9.17, 15) is 9.59 Å². The number of carbonyl (C=O) groups is 2. The van der Waals surface area contributed by atoms with Crippen molar-refractivity contribution in [2.75, 3.05) is 11.9 Å². The molecular formula is C27H29N3O3S. The largest absolute Gasteiger partial charge is 0.492 e. The fraction of sp³-hybridized carbons (Fsp3) is 0.222. The molecule has 3 aromatic carbocycles. The first-order valence-corrected chi connectivity index (χ1v) is 11.5. The van der Waals surface area contributed by atoms with Gasteiger partial charge in [-0.15, -0.1) is 0 Å². The minimum Gasteiger partial charge on any atom is -0.492 e. The van der Waals surface area contributed by atoms with Crippen LogP contribution in [0, 0.1) is 5.92 Å². The molecule has 0 saturated heterocycles. The van der Waals surface area contributed by atoms with E-state index >= 15 is 0 Å². The van der Waals surface area contributed by atoms with E-state index in [-0.39, 0.29) is 23.0 Å². The van der Waals surface area contributed by atoms with Crippen molar-refractivity contribution in [3.63, 3.8) is 0 Å². The molecule has 0 fully saturated rings. The number of anilines is 1. The van der Waals surface area contributed by atoms with Crippen molar-refractivity contribution >= 4 is 34.8 Å². The summed E-state index contributed by atoms with van der Waals surface area (Å²) in [7, 11) is 0. The zero-order valence-corrected chi connectivity index (χ0v) is 20.3. The van der Waals surface area contributed by atoms with E-state index in [1.165, 1.54) is 0 Å². The molecule has 0 spiro atoms. The Kier molecular flexibility index (Phi) is 8.76. The van der Waals surface area contributed by atoms with Crippen LogP contribution in [0.15, 0.2) is 78.9 Å². The van der Waals surface area contributed by atoms with Crippen LogP contribution in [0.25, 0.3) is 0 Å². The maximum Gasteiger partial charge on any atom is 0.261 e. The molecule has 3 N–H and O–H groups in total. The molecule has 34 heavy (non-hydrogen) atoms. The van der Waals surface area contributed by atoms with Gasteiger partial charge in [-0.05, 0) is 61.0 Å². The van der Waals surface area contributed by atoms with Gasteiger partial charge in [0, 0.05) is 11.3 Å². The predicted octanol–water partition coefficient (Wildman–Crippen LogP) is 5.34. The number of thiocarbonyl (C=S) groups is 1. The van der Waals surface area contributed by atoms with Gasteiger partial charge >= 0.3 is 0 Å². The first kappa shape index (κ1) is 24.9. The number of carbonyl (C=O) groups excluding carboxylic acids is 2. The van der Waals surface area contributed by atoms with Crippen LogP contribution in [0.4, 0.5) is 5.69 Å². The van der Waals surface area contributed by atoms with Gasteiger partial charge in [-0.25, -0.2) is 0 Å². The van der Waals surface area contributed by atoms with Crippen LogP contribution < -0.4 is 20.7 Å². The Morgan fingerprint density at radius 3 is 2.32 bits per heavy atom. The summed E-state index contributed by atoms with van der Waals surface area (Å²) in [5.74, 6) is 0.260. The average Bonchev–Trinajstić information content (AvgIpc) is 2.83. The topological polar surface area (TPSA) is 79.5 Å². The first-order chi connectivity index (χ1) is 16.3. The van der Waals surface area contributed by atoms with E-state index in [0.717, 1.165) is 5.56 Å². The van der Waals surface area contributed by atoms with Crippen LogP contribution in [0.3, 0.4) is 0 Å². The van der Waals surface area contributed by atoms with E-state index in [4.69, 9.17) is 17.0 Å². The number of ether oxygens (including phenoxy) is 1. The maximum absolute atomic E-state index is 12.8. The maximum atomic E-state index is 12.8. The van der Waals surface area contributed by atoms with Crippen LogP contribution in [-0.2, 0) is 0 Å². The summed E-state index contributed by atoms with van der Waals surface area (Å²) in [6.07, 6.45) is 0. The summed E-state index contributed by atoms with van der Waals surface area (Å²) >= 11 is 5.32. The Labute approximate surface area is 205 Å². The van der Waals surface area contributed by atoms with E-state index in [1.807, 2.05) is 57.2 Å². The number of hydrogen-bond donors (Lipinski definition) is 3. The Hall–Kier alpha value is -3.71. The third kappa shape index (κ3) is 7.15. The second kappa shape index (κ2) is 12.0. The fourth-order valence-electron chi connectivity index (χ4n) is 3.21. The number of amides is 2. The summed E-state index contributed by atoms with van der Waals surface area (Å²) < 4.78 is 5.76. The number of para-hydroxylation sites is 1. The number of benzene rings is 3. The van der Waals surface area contributed by atoms with E-state index in [2.05, 4.69) is 16.0 Å². The molecule has 0 aromatic heterocycles. The van der Waals surface area contributed by atoms with E-state index in [1.54, 1.807) is 42.5 Å². The minimum absolute atomic E-state index is 0.124. The van der Waals surface area contributed by atoms with Gasteiger partial charge in [0.05, 0.1) is 18.2 Å². The van der Waals surface area contributed by atoms with Crippen molar-refractivity contribution in [3.8, 4) is 5.75 Å². The van der Waals surface area contributed by atoms with Crippen LogP contribution in [0.2, 0.25) is 0 Å². The van der Waals surface area contributed by atoms with Crippen LogP contribution in [0.1, 0.15) is 53.1 Å². The fourth-order valence-corrected chi connectivity index (χ4v) is 3.42. The molecule has 1 unspecified atom stereocenters. The van der Waals surface area contributed by atoms with Gasteiger partial charge < -0.3 is 15.4 Å². The third-order valence-corrected chi connectivity index (χ3v) is 5.16. The smallest absolute Gasteiger partial charge is 0.261 e. The number of rotatable bonds is 8. The second-order valence-corrected chi connectivity index (χ2v) is 8.70. The Morgan fingerprint density at radius 1 is 0.882 bits per heavy atom. The lowest BCUT2D eigenvalue weighted by Crippen LogP contribution is -2.34. The molecule has 0 radical (unpaired) electrons. The summed E-state index contributed by atoms with van der Waals surface area (Å²) in [5, 5.41) is 8.76. The summed E-state index contributed by atoms with van der Waals surface area (Å²) in [4.78, 5) is 25.5. The quantitative estimate of drug-likeness (QED) is 0.383. The molecule has 176 valence electrons. The minimum atomic E-state index is -0.373. The predicted molar refractivity (Wildman–Crippen MR) is 139 cm³/mol. The van der Waals surface area contributed by atoms with E-state index in [0.29, 0.717) is 35.1 Å². The van der Waals surface area contributed by atoms with Crippen LogP contribution in [-0.4, -0.2) is 23.5 Å². The lowest BCUT2D eigenvalue weighted by atomic mass is 10.1. The molecule has 0 aliphatic carbocycles. The lowest BCUT2D eigenvalue weighted by molar-refractivity contribution is 0.0937. The molecule has 3 rings (SSSR count). The highest BCUT2D eigenvalue weighted by Crippen LogP contribution is 2.19. The lowest BCUT2D eigenvalue weighted by Gasteiger charge is -2.16. The summed E-state index contributed by atoms with van der Waals surface area (Å²) in [6, 6.07) is 23.6. The summed E-state index contributed by atoms with van der Waals surface area (Å²) in [5.41, 5.74) is 2.49. The normalized spacial score (nSPS) is 11.4. The average molecular weight is 476 g/mol. The molecular weight excluding hydrogens is 446 g/mol. The Bertz CT molecular complexity index is 1150. The van der Waals surface area contributed by atoms with Crippen LogP contribution >= 0.6 is 12.2 Å². The van der Waals surface area contributed by atoms with Gasteiger partial charge in [0.2, 0.25) is 0 Å². The molecule has 0 aliphatic rings. The molecule has 0 saturated carbocycles. The zero-order valence-electron chi connectivity index (χ0n) is 19.5. The van der Waals surface area contributed by atoms with Gasteiger partial charge in [0.1, 0.15) is 5.75 Å². The summed E-state index contributed by atoms with van der Waals surface area (Å²) in [6.45, 7) is 6.52. The van der Waals surface area contributed by atoms with Gasteiger partial charge in [0.25, 0.3) is 11.8 Å². The van der Waals surface area contributed by atoms with E-state index < -0.39 is 0 Å². The third-order valence-electron chi connectivity index (χ3n) is 4.96. The van der Waals surface area contributed by atoms with Crippen LogP contribution in [0.5, 0.6) is 5.75 Å². The SMILES string of the molecule is CC(C)COc1ccccc1C(=O)NC(=S)Nc1cccc(C(=O)NC(C)c2ccccc2)c1. The highest BCUT2D eigenvalue weighted by atomic mass is 32.1. The molecule has 7 heteroatoms. The van der Waals surface area contributed by atoms with Crippen molar-refractivity contribution in [2.45, 2.75) is 26.8 Å². The van der Waals surface area contributed by atoms with Crippen molar-refractivity contribution < 1.29 is 14.3 Å². The molecule has 6 nitrogen and oxygen atoms in total. The number of nitrogens with one attached hydrogen (secondary N) is 3. The Morgan fingerprint density at radius 2 is 1.59 bits per heavy atom. The van der Waals surface area contributed by atoms with Gasteiger partial charge in [-0.2, -0.15) is 0 Å². The van der Waals surface area contributed by atoms with Gasteiger partial charge in [-0.1, -0.05) is 62.4 Å². The number of hydrogen-bond acceptors (Lipinski definition) is 4. The van der Waals surface area contributed by atoms with Crippen molar-refractivity contribution in [2.24, 2.45) is 5.92 Å². The molecule has 0 aliphatic heterocycles.